The maximum atomic E-state index is 12.7. The van der Waals surface area contributed by atoms with E-state index in [1.165, 1.54) is 18.2 Å². The van der Waals surface area contributed by atoms with Crippen molar-refractivity contribution in [2.24, 2.45) is 0 Å². The lowest BCUT2D eigenvalue weighted by Crippen LogP contribution is -2.51. The monoisotopic (exact) mass is 406 g/mol. The minimum Gasteiger partial charge on any atom is -0.352 e. The van der Waals surface area contributed by atoms with Gasteiger partial charge in [-0.1, -0.05) is 18.2 Å². The summed E-state index contributed by atoms with van der Waals surface area (Å²) in [6.07, 6.45) is 3.07. The maximum absolute atomic E-state index is 12.7. The van der Waals surface area contributed by atoms with Crippen molar-refractivity contribution in [2.75, 3.05) is 45.8 Å². The van der Waals surface area contributed by atoms with Crippen molar-refractivity contribution in [2.45, 2.75) is 4.90 Å². The molecule has 9 heteroatoms. The Hall–Kier alpha value is -2.49. The summed E-state index contributed by atoms with van der Waals surface area (Å²) in [6, 6.07) is 5.98. The molecular weight excluding hydrogens is 380 g/mol. The van der Waals surface area contributed by atoms with E-state index < -0.39 is 10.0 Å². The number of hydrogen-bond acceptors (Lipinski definition) is 5. The molecule has 0 radical (unpaired) electrons. The standard InChI is InChI=1S/C19H26N4O4S/c1-3-8-20-18(24)15-22-10-12-23(13-11-22)19(25)16-6-5-7-17(14-16)28(26,27)21-9-4-2/h3-7,14,21H,1-2,8-13,15H2,(H,20,24). The Morgan fingerprint density at radius 2 is 1.75 bits per heavy atom. The zero-order chi connectivity index (χ0) is 20.6. The van der Waals surface area contributed by atoms with Crippen molar-refractivity contribution in [1.29, 1.82) is 0 Å². The highest BCUT2D eigenvalue weighted by atomic mass is 32.2. The second-order valence-electron chi connectivity index (χ2n) is 6.33. The van der Waals surface area contributed by atoms with Crippen molar-refractivity contribution in [3.05, 3.63) is 55.1 Å². The van der Waals surface area contributed by atoms with Gasteiger partial charge in [0.05, 0.1) is 11.4 Å². The zero-order valence-electron chi connectivity index (χ0n) is 15.8. The summed E-state index contributed by atoms with van der Waals surface area (Å²) in [5, 5.41) is 2.73. The molecular formula is C19H26N4O4S. The molecule has 1 aliphatic rings. The fourth-order valence-corrected chi connectivity index (χ4v) is 3.83. The third kappa shape index (κ3) is 6.01. The summed E-state index contributed by atoms with van der Waals surface area (Å²) >= 11 is 0. The van der Waals surface area contributed by atoms with Crippen LogP contribution >= 0.6 is 0 Å². The molecule has 1 aromatic rings. The van der Waals surface area contributed by atoms with Crippen LogP contribution in [-0.4, -0.2) is 75.8 Å². The van der Waals surface area contributed by atoms with Crippen LogP contribution in [0, 0.1) is 0 Å². The molecule has 0 atom stereocenters. The first-order chi connectivity index (χ1) is 13.4. The summed E-state index contributed by atoms with van der Waals surface area (Å²) in [4.78, 5) is 28.2. The number of sulfonamides is 1. The lowest BCUT2D eigenvalue weighted by Gasteiger charge is -2.34. The molecule has 2 rings (SSSR count). The van der Waals surface area contributed by atoms with Crippen molar-refractivity contribution in [3.63, 3.8) is 0 Å². The van der Waals surface area contributed by atoms with Crippen LogP contribution in [0.15, 0.2) is 54.5 Å². The average Bonchev–Trinajstić information content (AvgIpc) is 2.71. The highest BCUT2D eigenvalue weighted by Crippen LogP contribution is 2.14. The largest absolute Gasteiger partial charge is 0.352 e. The minimum absolute atomic E-state index is 0.0396. The molecule has 2 N–H and O–H groups in total. The predicted molar refractivity (Wildman–Crippen MR) is 107 cm³/mol. The van der Waals surface area contributed by atoms with Crippen LogP contribution in [0.3, 0.4) is 0 Å². The number of hydrogen-bond donors (Lipinski definition) is 2. The molecule has 8 nitrogen and oxygen atoms in total. The van der Waals surface area contributed by atoms with E-state index in [-0.39, 0.29) is 29.8 Å². The second-order valence-corrected chi connectivity index (χ2v) is 8.10. The summed E-state index contributed by atoms with van der Waals surface area (Å²) in [5.41, 5.74) is 0.318. The van der Waals surface area contributed by atoms with Gasteiger partial charge in [0.2, 0.25) is 15.9 Å². The third-order valence-electron chi connectivity index (χ3n) is 4.28. The first-order valence-electron chi connectivity index (χ1n) is 8.97. The van der Waals surface area contributed by atoms with Gasteiger partial charge in [-0.2, -0.15) is 0 Å². The Balaban J connectivity index is 1.96. The van der Waals surface area contributed by atoms with Crippen LogP contribution in [-0.2, 0) is 14.8 Å². The second kappa shape index (κ2) is 10.2. The summed E-state index contributed by atoms with van der Waals surface area (Å²) in [7, 11) is -3.69. The SMILES string of the molecule is C=CCNC(=O)CN1CCN(C(=O)c2cccc(S(=O)(=O)NCC=C)c2)CC1. The Morgan fingerprint density at radius 3 is 2.39 bits per heavy atom. The van der Waals surface area contributed by atoms with Crippen molar-refractivity contribution < 1.29 is 18.0 Å². The van der Waals surface area contributed by atoms with Gasteiger partial charge >= 0.3 is 0 Å². The number of rotatable bonds is 9. The number of amides is 2. The average molecular weight is 407 g/mol. The number of carbonyl (C=O) groups is 2. The number of piperazine rings is 1. The number of benzene rings is 1. The maximum Gasteiger partial charge on any atom is 0.253 e. The van der Waals surface area contributed by atoms with E-state index >= 15 is 0 Å². The Bertz CT molecular complexity index is 830. The molecule has 1 aliphatic heterocycles. The van der Waals surface area contributed by atoms with Crippen molar-refractivity contribution in [3.8, 4) is 0 Å². The fraction of sp³-hybridized carbons (Fsp3) is 0.368. The first kappa shape index (κ1) is 21.8. The van der Waals surface area contributed by atoms with Crippen LogP contribution in [0.4, 0.5) is 0 Å². The van der Waals surface area contributed by atoms with E-state index in [1.54, 1.807) is 23.1 Å². The van der Waals surface area contributed by atoms with Crippen molar-refractivity contribution in [1.82, 2.24) is 19.8 Å². The number of carbonyl (C=O) groups excluding carboxylic acids is 2. The Labute approximate surface area is 165 Å². The quantitative estimate of drug-likeness (QED) is 0.572. The lowest BCUT2D eigenvalue weighted by atomic mass is 10.2. The topological polar surface area (TPSA) is 98.8 Å². The smallest absolute Gasteiger partial charge is 0.253 e. The molecule has 0 saturated carbocycles. The van der Waals surface area contributed by atoms with Gasteiger partial charge in [0, 0.05) is 44.8 Å². The molecule has 0 bridgehead atoms. The fourth-order valence-electron chi connectivity index (χ4n) is 2.78. The molecule has 2 amide bonds. The van der Waals surface area contributed by atoms with Gasteiger partial charge in [0.15, 0.2) is 0 Å². The third-order valence-corrected chi connectivity index (χ3v) is 5.70. The van der Waals surface area contributed by atoms with Crippen LogP contribution in [0.1, 0.15) is 10.4 Å². The minimum atomic E-state index is -3.69. The van der Waals surface area contributed by atoms with Crippen LogP contribution in [0.25, 0.3) is 0 Å². The molecule has 1 fully saturated rings. The summed E-state index contributed by atoms with van der Waals surface area (Å²) in [5.74, 6) is -0.305. The van der Waals surface area contributed by atoms with E-state index in [0.29, 0.717) is 38.3 Å². The van der Waals surface area contributed by atoms with Gasteiger partial charge in [-0.25, -0.2) is 13.1 Å². The molecule has 152 valence electrons. The highest BCUT2D eigenvalue weighted by molar-refractivity contribution is 7.89. The lowest BCUT2D eigenvalue weighted by molar-refractivity contribution is -0.122. The summed E-state index contributed by atoms with van der Waals surface area (Å²) in [6.45, 7) is 9.95. The molecule has 0 aliphatic carbocycles. The van der Waals surface area contributed by atoms with Crippen LogP contribution in [0.5, 0.6) is 0 Å². The van der Waals surface area contributed by atoms with Gasteiger partial charge in [0.25, 0.3) is 5.91 Å². The Morgan fingerprint density at radius 1 is 1.07 bits per heavy atom. The molecule has 28 heavy (non-hydrogen) atoms. The molecule has 0 spiro atoms. The van der Waals surface area contributed by atoms with Gasteiger partial charge in [-0.15, -0.1) is 13.2 Å². The van der Waals surface area contributed by atoms with E-state index in [9.17, 15) is 18.0 Å². The predicted octanol–water partition coefficient (Wildman–Crippen LogP) is 0.211. The zero-order valence-corrected chi connectivity index (χ0v) is 16.6. The molecule has 0 unspecified atom stereocenters. The molecule has 1 saturated heterocycles. The van der Waals surface area contributed by atoms with E-state index in [1.807, 2.05) is 4.90 Å². The normalized spacial score (nSPS) is 15.1. The molecule has 1 heterocycles. The van der Waals surface area contributed by atoms with Crippen LogP contribution < -0.4 is 10.0 Å². The van der Waals surface area contributed by atoms with E-state index in [4.69, 9.17) is 0 Å². The van der Waals surface area contributed by atoms with Gasteiger partial charge in [0.1, 0.15) is 0 Å². The summed E-state index contributed by atoms with van der Waals surface area (Å²) < 4.78 is 26.8. The Kier molecular flexibility index (Phi) is 7.91. The van der Waals surface area contributed by atoms with E-state index in [0.717, 1.165) is 0 Å². The van der Waals surface area contributed by atoms with Gasteiger partial charge in [-0.05, 0) is 18.2 Å². The first-order valence-corrected chi connectivity index (χ1v) is 10.5. The molecule has 0 aromatic heterocycles. The van der Waals surface area contributed by atoms with Crippen molar-refractivity contribution >= 4 is 21.8 Å². The number of nitrogens with zero attached hydrogens (tertiary/aromatic N) is 2. The van der Waals surface area contributed by atoms with Gasteiger partial charge < -0.3 is 10.2 Å². The highest BCUT2D eigenvalue weighted by Gasteiger charge is 2.24. The van der Waals surface area contributed by atoms with E-state index in [2.05, 4.69) is 23.2 Å². The molecule has 1 aromatic carbocycles. The number of nitrogens with one attached hydrogen (secondary N) is 2. The van der Waals surface area contributed by atoms with Crippen LogP contribution in [0.2, 0.25) is 0 Å². The van der Waals surface area contributed by atoms with Gasteiger partial charge in [-0.3, -0.25) is 14.5 Å².